The van der Waals surface area contributed by atoms with Crippen LogP contribution in [-0.2, 0) is 16.8 Å². The van der Waals surface area contributed by atoms with Crippen molar-refractivity contribution in [1.29, 1.82) is 0 Å². The Kier molecular flexibility index (Phi) is 3.87. The molecule has 2 spiro atoms. The van der Waals surface area contributed by atoms with Gasteiger partial charge < -0.3 is 15.2 Å². The lowest BCUT2D eigenvalue weighted by Gasteiger charge is -2.44. The zero-order chi connectivity index (χ0) is 18.6. The standard InChI is InChI=1S/C22H29N3O2/c1-14-20(23)25-22(24-14)19-11-18(27-13-15-3-4-15)6-5-16(19)12-21(22)9-7-17(26-2)8-10-21/h5-6,11,15,17H,3-4,7-10,12-13H2,1-2H3,(H2,23,25)/t17?,21?,22-/m1/s1. The average molecular weight is 367 g/mol. The van der Waals surface area contributed by atoms with E-state index in [9.17, 15) is 0 Å². The Hall–Kier alpha value is -1.88. The Morgan fingerprint density at radius 2 is 1.93 bits per heavy atom. The smallest absolute Gasteiger partial charge is 0.184 e. The summed E-state index contributed by atoms with van der Waals surface area (Å²) in [4.78, 5) is 10.1. The molecule has 0 unspecified atom stereocenters. The highest BCUT2D eigenvalue weighted by Crippen LogP contribution is 2.62. The SMILES string of the molecule is COC1CCC2(CC1)Cc1ccc(OCC3CC3)cc1[C@]21N=C(C)C(N)=N1. The number of amidine groups is 1. The molecule has 0 aromatic heterocycles. The van der Waals surface area contributed by atoms with Crippen molar-refractivity contribution in [3.63, 3.8) is 0 Å². The number of benzene rings is 1. The highest BCUT2D eigenvalue weighted by atomic mass is 16.5. The number of fused-ring (bicyclic) bond motifs is 3. The van der Waals surface area contributed by atoms with Gasteiger partial charge in [-0.2, -0.15) is 0 Å². The maximum Gasteiger partial charge on any atom is 0.184 e. The molecule has 1 aromatic carbocycles. The molecule has 1 atom stereocenters. The number of aliphatic imine (C=N–C) groups is 2. The van der Waals surface area contributed by atoms with Crippen LogP contribution >= 0.6 is 0 Å². The summed E-state index contributed by atoms with van der Waals surface area (Å²) in [5.74, 6) is 2.26. The quantitative estimate of drug-likeness (QED) is 0.884. The lowest BCUT2D eigenvalue weighted by Crippen LogP contribution is -2.43. The van der Waals surface area contributed by atoms with Gasteiger partial charge in [-0.1, -0.05) is 6.07 Å². The van der Waals surface area contributed by atoms with Crippen molar-refractivity contribution < 1.29 is 9.47 Å². The molecular formula is C22H29N3O2. The van der Waals surface area contributed by atoms with Crippen molar-refractivity contribution in [1.82, 2.24) is 0 Å². The molecule has 27 heavy (non-hydrogen) atoms. The van der Waals surface area contributed by atoms with E-state index in [0.717, 1.165) is 56.1 Å². The van der Waals surface area contributed by atoms with Crippen LogP contribution in [0.25, 0.3) is 0 Å². The molecule has 2 fully saturated rings. The maximum absolute atomic E-state index is 6.24. The molecular weight excluding hydrogens is 338 g/mol. The minimum atomic E-state index is -0.575. The second-order valence-corrected chi connectivity index (χ2v) is 8.83. The van der Waals surface area contributed by atoms with E-state index in [1.807, 2.05) is 14.0 Å². The van der Waals surface area contributed by atoms with Crippen molar-refractivity contribution in [2.24, 2.45) is 27.1 Å². The molecule has 3 aliphatic carbocycles. The molecule has 0 bridgehead atoms. The van der Waals surface area contributed by atoms with E-state index >= 15 is 0 Å². The van der Waals surface area contributed by atoms with Crippen LogP contribution in [0.15, 0.2) is 28.2 Å². The molecule has 5 rings (SSSR count). The molecule has 1 aromatic rings. The molecule has 0 radical (unpaired) electrons. The fourth-order valence-electron chi connectivity index (χ4n) is 5.24. The fraction of sp³-hybridized carbons (Fsp3) is 0.636. The van der Waals surface area contributed by atoms with Crippen LogP contribution in [0.3, 0.4) is 0 Å². The number of nitrogens with two attached hydrogens (primary N) is 1. The van der Waals surface area contributed by atoms with Crippen LogP contribution in [0.1, 0.15) is 56.6 Å². The van der Waals surface area contributed by atoms with Crippen molar-refractivity contribution in [3.8, 4) is 5.75 Å². The van der Waals surface area contributed by atoms with Gasteiger partial charge in [0.25, 0.3) is 0 Å². The van der Waals surface area contributed by atoms with Gasteiger partial charge in [-0.05, 0) is 75.5 Å². The molecule has 0 saturated heterocycles. The van der Waals surface area contributed by atoms with Crippen LogP contribution in [-0.4, -0.2) is 31.4 Å². The highest BCUT2D eigenvalue weighted by molar-refractivity contribution is 6.41. The summed E-state index contributed by atoms with van der Waals surface area (Å²) in [6.45, 7) is 2.80. The number of ether oxygens (including phenoxy) is 2. The highest BCUT2D eigenvalue weighted by Gasteiger charge is 2.60. The third-order valence-corrected chi connectivity index (χ3v) is 7.11. The lowest BCUT2D eigenvalue weighted by atomic mass is 9.65. The predicted octanol–water partition coefficient (Wildman–Crippen LogP) is 3.59. The summed E-state index contributed by atoms with van der Waals surface area (Å²) in [6.07, 6.45) is 8.18. The van der Waals surface area contributed by atoms with Crippen LogP contribution in [0.4, 0.5) is 0 Å². The molecule has 2 N–H and O–H groups in total. The lowest BCUT2D eigenvalue weighted by molar-refractivity contribution is -0.000401. The Labute approximate surface area is 161 Å². The first-order chi connectivity index (χ1) is 13.1. The molecule has 5 nitrogen and oxygen atoms in total. The van der Waals surface area contributed by atoms with Crippen LogP contribution < -0.4 is 10.5 Å². The van der Waals surface area contributed by atoms with E-state index in [0.29, 0.717) is 11.9 Å². The Balaban J connectivity index is 1.54. The van der Waals surface area contributed by atoms with Gasteiger partial charge in [0, 0.05) is 18.1 Å². The van der Waals surface area contributed by atoms with Gasteiger partial charge in [0.2, 0.25) is 0 Å². The first kappa shape index (κ1) is 17.2. The van der Waals surface area contributed by atoms with Crippen molar-refractivity contribution in [2.45, 2.75) is 63.6 Å². The van der Waals surface area contributed by atoms with Crippen LogP contribution in [0, 0.1) is 11.3 Å². The van der Waals surface area contributed by atoms with E-state index in [2.05, 4.69) is 18.2 Å². The number of rotatable bonds is 4. The number of methoxy groups -OCH3 is 1. The average Bonchev–Trinajstić information content (AvgIpc) is 3.41. The Morgan fingerprint density at radius 3 is 2.56 bits per heavy atom. The third-order valence-electron chi connectivity index (χ3n) is 7.11. The predicted molar refractivity (Wildman–Crippen MR) is 106 cm³/mol. The maximum atomic E-state index is 6.24. The van der Waals surface area contributed by atoms with E-state index in [4.69, 9.17) is 25.2 Å². The van der Waals surface area contributed by atoms with E-state index in [-0.39, 0.29) is 5.41 Å². The minimum absolute atomic E-state index is 0.00184. The van der Waals surface area contributed by atoms with Gasteiger partial charge in [-0.25, -0.2) is 4.99 Å². The zero-order valence-electron chi connectivity index (χ0n) is 16.3. The summed E-state index contributed by atoms with van der Waals surface area (Å²) < 4.78 is 11.7. The van der Waals surface area contributed by atoms with Crippen molar-refractivity contribution >= 4 is 11.5 Å². The van der Waals surface area contributed by atoms with Gasteiger partial charge in [-0.3, -0.25) is 4.99 Å². The summed E-state index contributed by atoms with van der Waals surface area (Å²) in [5.41, 5.74) is 9.08. The number of nitrogens with zero attached hydrogens (tertiary/aromatic N) is 2. The van der Waals surface area contributed by atoms with E-state index in [1.54, 1.807) is 0 Å². The van der Waals surface area contributed by atoms with Crippen molar-refractivity contribution in [2.75, 3.05) is 13.7 Å². The molecule has 4 aliphatic rings. The normalized spacial score (nSPS) is 34.7. The molecule has 2 saturated carbocycles. The Morgan fingerprint density at radius 1 is 1.15 bits per heavy atom. The van der Waals surface area contributed by atoms with Crippen molar-refractivity contribution in [3.05, 3.63) is 29.3 Å². The first-order valence-electron chi connectivity index (χ1n) is 10.3. The zero-order valence-corrected chi connectivity index (χ0v) is 16.3. The summed E-state index contributed by atoms with van der Waals surface area (Å²) in [7, 11) is 1.82. The molecule has 5 heteroatoms. The summed E-state index contributed by atoms with van der Waals surface area (Å²) >= 11 is 0. The van der Waals surface area contributed by atoms with Gasteiger partial charge >= 0.3 is 0 Å². The second kappa shape index (κ2) is 6.06. The second-order valence-electron chi connectivity index (χ2n) is 8.83. The van der Waals surface area contributed by atoms with Crippen LogP contribution in [0.5, 0.6) is 5.75 Å². The minimum Gasteiger partial charge on any atom is -0.493 e. The van der Waals surface area contributed by atoms with E-state index in [1.165, 1.54) is 24.0 Å². The molecule has 0 amide bonds. The van der Waals surface area contributed by atoms with Gasteiger partial charge in [-0.15, -0.1) is 0 Å². The molecule has 1 heterocycles. The number of hydrogen-bond acceptors (Lipinski definition) is 5. The topological polar surface area (TPSA) is 69.2 Å². The summed E-state index contributed by atoms with van der Waals surface area (Å²) in [5, 5.41) is 0. The fourth-order valence-corrected chi connectivity index (χ4v) is 5.24. The summed E-state index contributed by atoms with van der Waals surface area (Å²) in [6, 6.07) is 6.53. The van der Waals surface area contributed by atoms with Gasteiger partial charge in [0.1, 0.15) is 11.6 Å². The molecule has 1 aliphatic heterocycles. The largest absolute Gasteiger partial charge is 0.493 e. The van der Waals surface area contributed by atoms with Crippen LogP contribution in [0.2, 0.25) is 0 Å². The molecule has 144 valence electrons. The number of hydrogen-bond donors (Lipinski definition) is 1. The van der Waals surface area contributed by atoms with E-state index < -0.39 is 5.66 Å². The first-order valence-corrected chi connectivity index (χ1v) is 10.3. The Bertz CT molecular complexity index is 799. The van der Waals surface area contributed by atoms with Gasteiger partial charge in [0.05, 0.1) is 18.4 Å². The monoisotopic (exact) mass is 367 g/mol. The third kappa shape index (κ3) is 2.62. The van der Waals surface area contributed by atoms with Gasteiger partial charge in [0.15, 0.2) is 5.66 Å².